The molecule has 0 spiro atoms. The van der Waals surface area contributed by atoms with Gasteiger partial charge in [-0.05, 0) is 37.6 Å². The van der Waals surface area contributed by atoms with Gasteiger partial charge < -0.3 is 10.8 Å². The molecule has 3 nitrogen and oxygen atoms in total. The fourth-order valence-electron chi connectivity index (χ4n) is 2.16. The maximum Gasteiger partial charge on any atom is 0.120 e. The fourth-order valence-corrected chi connectivity index (χ4v) is 2.57. The van der Waals surface area contributed by atoms with Crippen LogP contribution in [0, 0.1) is 0 Å². The van der Waals surface area contributed by atoms with Crippen LogP contribution in [-0.4, -0.2) is 29.1 Å². The van der Waals surface area contributed by atoms with Crippen molar-refractivity contribution >= 4 is 15.9 Å². The molecule has 0 amide bonds. The lowest BCUT2D eigenvalue weighted by Gasteiger charge is -2.30. The number of likely N-dealkylation sites (tertiary alicyclic amines) is 1. The minimum absolute atomic E-state index is 0.281. The summed E-state index contributed by atoms with van der Waals surface area (Å²) < 4.78 is 1.00. The summed E-state index contributed by atoms with van der Waals surface area (Å²) in [6.45, 7) is 2.77. The van der Waals surface area contributed by atoms with Gasteiger partial charge in [0.05, 0.1) is 0 Å². The Morgan fingerprint density at radius 3 is 3.06 bits per heavy atom. The highest BCUT2D eigenvalue weighted by Gasteiger charge is 2.17. The second kappa shape index (κ2) is 5.17. The van der Waals surface area contributed by atoms with Crippen LogP contribution in [0.3, 0.4) is 0 Å². The monoisotopic (exact) mass is 284 g/mol. The number of hydrogen-bond donors (Lipinski definition) is 2. The highest BCUT2D eigenvalue weighted by Crippen LogP contribution is 2.24. The normalized spacial score (nSPS) is 22.2. The van der Waals surface area contributed by atoms with Crippen LogP contribution in [0.5, 0.6) is 5.75 Å². The van der Waals surface area contributed by atoms with Crippen LogP contribution < -0.4 is 5.73 Å². The van der Waals surface area contributed by atoms with E-state index in [2.05, 4.69) is 20.8 Å². The Morgan fingerprint density at radius 2 is 2.31 bits per heavy atom. The molecular weight excluding hydrogens is 268 g/mol. The van der Waals surface area contributed by atoms with E-state index in [9.17, 15) is 5.11 Å². The predicted octanol–water partition coefficient (Wildman–Crippen LogP) is 2.08. The van der Waals surface area contributed by atoms with Crippen molar-refractivity contribution in [3.05, 3.63) is 28.2 Å². The predicted molar refractivity (Wildman–Crippen MR) is 68.3 cm³/mol. The molecule has 0 aromatic heterocycles. The van der Waals surface area contributed by atoms with Crippen LogP contribution in [0.2, 0.25) is 0 Å². The zero-order chi connectivity index (χ0) is 11.5. The second-order valence-electron chi connectivity index (χ2n) is 4.41. The van der Waals surface area contributed by atoms with Crippen molar-refractivity contribution < 1.29 is 5.11 Å². The van der Waals surface area contributed by atoms with Gasteiger partial charge >= 0.3 is 0 Å². The Kier molecular flexibility index (Phi) is 3.84. The molecule has 1 saturated heterocycles. The molecular formula is C12H17BrN2O. The van der Waals surface area contributed by atoms with Gasteiger partial charge in [-0.3, -0.25) is 4.90 Å². The third-order valence-corrected chi connectivity index (χ3v) is 3.47. The number of piperidine rings is 1. The molecule has 1 atom stereocenters. The van der Waals surface area contributed by atoms with Gasteiger partial charge in [0.1, 0.15) is 5.75 Å². The summed E-state index contributed by atoms with van der Waals surface area (Å²) in [4.78, 5) is 2.30. The van der Waals surface area contributed by atoms with E-state index in [-0.39, 0.29) is 6.04 Å². The summed E-state index contributed by atoms with van der Waals surface area (Å²) >= 11 is 3.42. The summed E-state index contributed by atoms with van der Waals surface area (Å²) in [5.74, 6) is 0.363. The number of rotatable bonds is 2. The molecule has 16 heavy (non-hydrogen) atoms. The zero-order valence-corrected chi connectivity index (χ0v) is 10.8. The Bertz CT molecular complexity index is 370. The van der Waals surface area contributed by atoms with E-state index >= 15 is 0 Å². The van der Waals surface area contributed by atoms with Crippen molar-refractivity contribution in [2.75, 3.05) is 13.1 Å². The van der Waals surface area contributed by atoms with Gasteiger partial charge in [-0.1, -0.05) is 15.9 Å². The molecule has 0 aliphatic carbocycles. The third kappa shape index (κ3) is 2.97. The molecule has 0 radical (unpaired) electrons. The molecule has 4 heteroatoms. The van der Waals surface area contributed by atoms with Crippen molar-refractivity contribution in [3.63, 3.8) is 0 Å². The zero-order valence-electron chi connectivity index (χ0n) is 9.19. The Morgan fingerprint density at radius 1 is 1.50 bits per heavy atom. The highest BCUT2D eigenvalue weighted by atomic mass is 79.9. The van der Waals surface area contributed by atoms with Gasteiger partial charge in [0, 0.05) is 29.2 Å². The molecule has 0 bridgehead atoms. The lowest BCUT2D eigenvalue weighted by Crippen LogP contribution is -2.42. The third-order valence-electron chi connectivity index (χ3n) is 2.98. The van der Waals surface area contributed by atoms with E-state index in [4.69, 9.17) is 5.73 Å². The van der Waals surface area contributed by atoms with Gasteiger partial charge in [-0.2, -0.15) is 0 Å². The van der Waals surface area contributed by atoms with E-state index in [0.717, 1.165) is 42.5 Å². The van der Waals surface area contributed by atoms with E-state index in [0.29, 0.717) is 5.75 Å². The molecule has 1 aromatic rings. The fraction of sp³-hybridized carbons (Fsp3) is 0.500. The second-order valence-corrected chi connectivity index (χ2v) is 5.33. The van der Waals surface area contributed by atoms with E-state index < -0.39 is 0 Å². The van der Waals surface area contributed by atoms with Crippen molar-refractivity contribution in [1.29, 1.82) is 0 Å². The minimum atomic E-state index is 0.281. The molecule has 3 N–H and O–H groups in total. The van der Waals surface area contributed by atoms with Gasteiger partial charge in [0.2, 0.25) is 0 Å². The van der Waals surface area contributed by atoms with Gasteiger partial charge in [0.25, 0.3) is 0 Å². The smallest absolute Gasteiger partial charge is 0.120 e. The van der Waals surface area contributed by atoms with E-state index in [1.54, 1.807) is 6.07 Å². The Balaban J connectivity index is 2.05. The summed E-state index contributed by atoms with van der Waals surface area (Å²) in [5, 5.41) is 9.75. The minimum Gasteiger partial charge on any atom is -0.508 e. The first-order valence-electron chi connectivity index (χ1n) is 5.60. The molecule has 2 rings (SSSR count). The van der Waals surface area contributed by atoms with Crippen molar-refractivity contribution in [1.82, 2.24) is 4.90 Å². The number of halogens is 1. The number of nitrogens with two attached hydrogens (primary N) is 1. The maximum absolute atomic E-state index is 9.75. The number of nitrogens with zero attached hydrogens (tertiary/aromatic N) is 1. The summed E-state index contributed by atoms with van der Waals surface area (Å²) in [5.41, 5.74) is 6.89. The summed E-state index contributed by atoms with van der Waals surface area (Å²) in [7, 11) is 0. The molecule has 1 aliphatic heterocycles. The van der Waals surface area contributed by atoms with Crippen LogP contribution in [-0.2, 0) is 6.54 Å². The number of phenols is 1. The van der Waals surface area contributed by atoms with Crippen molar-refractivity contribution in [2.24, 2.45) is 5.73 Å². The van der Waals surface area contributed by atoms with Gasteiger partial charge in [-0.25, -0.2) is 0 Å². The van der Waals surface area contributed by atoms with Crippen LogP contribution in [0.25, 0.3) is 0 Å². The molecule has 1 fully saturated rings. The largest absolute Gasteiger partial charge is 0.508 e. The van der Waals surface area contributed by atoms with Crippen LogP contribution in [0.15, 0.2) is 22.7 Å². The van der Waals surface area contributed by atoms with E-state index in [1.165, 1.54) is 0 Å². The van der Waals surface area contributed by atoms with Crippen molar-refractivity contribution in [3.8, 4) is 5.75 Å². The maximum atomic E-state index is 9.75. The van der Waals surface area contributed by atoms with Gasteiger partial charge in [-0.15, -0.1) is 0 Å². The first kappa shape index (κ1) is 11.9. The standard InChI is InChI=1S/C12H17BrN2O/c13-10-3-4-12(16)9(6-10)7-15-5-1-2-11(14)8-15/h3-4,6,11,16H,1-2,5,7-8,14H2. The van der Waals surface area contributed by atoms with Gasteiger partial charge in [0.15, 0.2) is 0 Å². The lowest BCUT2D eigenvalue weighted by molar-refractivity contribution is 0.199. The number of benzene rings is 1. The van der Waals surface area contributed by atoms with Crippen molar-refractivity contribution in [2.45, 2.75) is 25.4 Å². The first-order valence-corrected chi connectivity index (χ1v) is 6.40. The van der Waals surface area contributed by atoms with Crippen LogP contribution >= 0.6 is 15.9 Å². The number of hydrogen-bond acceptors (Lipinski definition) is 3. The highest BCUT2D eigenvalue weighted by molar-refractivity contribution is 9.10. The Hall–Kier alpha value is -0.580. The Labute approximate surface area is 104 Å². The molecule has 88 valence electrons. The molecule has 1 aliphatic rings. The number of phenolic OH excluding ortho intramolecular Hbond substituents is 1. The SMILES string of the molecule is NC1CCCN(Cc2cc(Br)ccc2O)C1. The molecule has 0 saturated carbocycles. The average molecular weight is 285 g/mol. The topological polar surface area (TPSA) is 49.5 Å². The van der Waals surface area contributed by atoms with Crippen LogP contribution in [0.1, 0.15) is 18.4 Å². The summed E-state index contributed by atoms with van der Waals surface area (Å²) in [6.07, 6.45) is 2.26. The molecule has 1 heterocycles. The molecule has 1 unspecified atom stereocenters. The first-order chi connectivity index (χ1) is 7.65. The quantitative estimate of drug-likeness (QED) is 0.874. The molecule has 1 aromatic carbocycles. The van der Waals surface area contributed by atoms with Crippen LogP contribution in [0.4, 0.5) is 0 Å². The summed E-state index contributed by atoms with van der Waals surface area (Å²) in [6, 6.07) is 5.82. The number of aromatic hydroxyl groups is 1. The average Bonchev–Trinajstić information content (AvgIpc) is 2.24. The van der Waals surface area contributed by atoms with E-state index in [1.807, 2.05) is 12.1 Å². The lowest BCUT2D eigenvalue weighted by atomic mass is 10.1.